The molecule has 0 aliphatic carbocycles. The van der Waals surface area contributed by atoms with Crippen molar-refractivity contribution < 1.29 is 0 Å². The van der Waals surface area contributed by atoms with Crippen LogP contribution in [0.3, 0.4) is 0 Å². The van der Waals surface area contributed by atoms with Gasteiger partial charge in [0.1, 0.15) is 5.69 Å². The lowest BCUT2D eigenvalue weighted by molar-refractivity contribution is 1.21. The fraction of sp³-hybridized carbons (Fsp3) is 0. The summed E-state index contributed by atoms with van der Waals surface area (Å²) < 4.78 is 0. The number of hydrogen-bond acceptors (Lipinski definition) is 3. The van der Waals surface area contributed by atoms with Crippen molar-refractivity contribution >= 4 is 22.3 Å². The highest BCUT2D eigenvalue weighted by atomic mass is 15.1. The van der Waals surface area contributed by atoms with Crippen molar-refractivity contribution in [2.45, 2.75) is 0 Å². The molecular formula is C15H11N3. The smallest absolute Gasteiger partial charge is 0.105 e. The molecule has 0 unspecified atom stereocenters. The first kappa shape index (κ1) is 10.6. The lowest BCUT2D eigenvalue weighted by Gasteiger charge is -1.97. The minimum absolute atomic E-state index is 0.762. The van der Waals surface area contributed by atoms with Gasteiger partial charge < -0.3 is 0 Å². The Morgan fingerprint density at radius 3 is 2.33 bits per heavy atom. The normalized spacial score (nSPS) is 11.1. The molecule has 1 heterocycles. The van der Waals surface area contributed by atoms with Gasteiger partial charge in [-0.05, 0) is 24.3 Å². The number of fused-ring (bicyclic) bond motifs is 1. The van der Waals surface area contributed by atoms with E-state index < -0.39 is 0 Å². The summed E-state index contributed by atoms with van der Waals surface area (Å²) in [5, 5.41) is 9.43. The van der Waals surface area contributed by atoms with Gasteiger partial charge in [-0.1, -0.05) is 36.4 Å². The van der Waals surface area contributed by atoms with Gasteiger partial charge in [0.2, 0.25) is 0 Å². The molecule has 0 fully saturated rings. The molecule has 2 aromatic carbocycles. The summed E-state index contributed by atoms with van der Waals surface area (Å²) in [7, 11) is 0. The number of para-hydroxylation sites is 1. The van der Waals surface area contributed by atoms with Gasteiger partial charge in [-0.25, -0.2) is 0 Å². The Balaban J connectivity index is 1.93. The zero-order chi connectivity index (χ0) is 12.2. The molecule has 3 rings (SSSR count). The first-order valence-electron chi connectivity index (χ1n) is 5.73. The van der Waals surface area contributed by atoms with Crippen molar-refractivity contribution in [1.82, 2.24) is 4.98 Å². The van der Waals surface area contributed by atoms with Gasteiger partial charge in [0.25, 0.3) is 0 Å². The second-order valence-corrected chi connectivity index (χ2v) is 3.92. The lowest BCUT2D eigenvalue weighted by Crippen LogP contribution is -1.76. The van der Waals surface area contributed by atoms with Crippen LogP contribution in [0, 0.1) is 0 Å². The van der Waals surface area contributed by atoms with E-state index in [1.807, 2.05) is 60.7 Å². The van der Waals surface area contributed by atoms with Gasteiger partial charge in [-0.2, -0.15) is 5.11 Å². The summed E-state index contributed by atoms with van der Waals surface area (Å²) in [6.07, 6.45) is 1.73. The third kappa shape index (κ3) is 2.25. The second kappa shape index (κ2) is 4.75. The maximum atomic E-state index is 4.34. The minimum Gasteiger partial charge on any atom is -0.254 e. The van der Waals surface area contributed by atoms with E-state index in [4.69, 9.17) is 0 Å². The Kier molecular flexibility index (Phi) is 2.80. The van der Waals surface area contributed by atoms with Crippen molar-refractivity contribution in [3.05, 3.63) is 66.9 Å². The molecule has 18 heavy (non-hydrogen) atoms. The van der Waals surface area contributed by atoms with Crippen molar-refractivity contribution in [3.63, 3.8) is 0 Å². The molecule has 0 aliphatic rings. The van der Waals surface area contributed by atoms with Crippen LogP contribution >= 0.6 is 0 Å². The summed E-state index contributed by atoms with van der Waals surface area (Å²) in [5.74, 6) is 0. The largest absolute Gasteiger partial charge is 0.254 e. The Morgan fingerprint density at radius 1 is 0.722 bits per heavy atom. The highest BCUT2D eigenvalue weighted by Gasteiger charge is 1.95. The second-order valence-electron chi connectivity index (χ2n) is 3.92. The van der Waals surface area contributed by atoms with E-state index in [1.165, 1.54) is 0 Å². The van der Waals surface area contributed by atoms with Crippen molar-refractivity contribution in [3.8, 4) is 0 Å². The van der Waals surface area contributed by atoms with Crippen LogP contribution in [0.5, 0.6) is 0 Å². The molecule has 0 saturated heterocycles. The first-order chi connectivity index (χ1) is 8.92. The van der Waals surface area contributed by atoms with Gasteiger partial charge in [0.15, 0.2) is 0 Å². The average Bonchev–Trinajstić information content (AvgIpc) is 2.46. The maximum Gasteiger partial charge on any atom is 0.105 e. The van der Waals surface area contributed by atoms with Crippen LogP contribution in [-0.2, 0) is 0 Å². The fourth-order valence-corrected chi connectivity index (χ4v) is 1.72. The molecule has 0 spiro atoms. The highest BCUT2D eigenvalue weighted by molar-refractivity contribution is 5.80. The Labute approximate surface area is 105 Å². The number of aromatic nitrogens is 1. The van der Waals surface area contributed by atoms with E-state index in [0.717, 1.165) is 22.3 Å². The zero-order valence-corrected chi connectivity index (χ0v) is 9.69. The van der Waals surface area contributed by atoms with E-state index in [2.05, 4.69) is 15.2 Å². The van der Waals surface area contributed by atoms with Crippen molar-refractivity contribution in [2.75, 3.05) is 0 Å². The molecule has 3 heteroatoms. The van der Waals surface area contributed by atoms with E-state index in [9.17, 15) is 0 Å². The van der Waals surface area contributed by atoms with Crippen LogP contribution < -0.4 is 0 Å². The molecular weight excluding hydrogens is 222 g/mol. The fourth-order valence-electron chi connectivity index (χ4n) is 1.72. The van der Waals surface area contributed by atoms with Crippen LogP contribution in [-0.4, -0.2) is 4.98 Å². The number of pyridine rings is 1. The maximum absolute atomic E-state index is 4.34. The molecule has 0 atom stereocenters. The predicted octanol–water partition coefficient (Wildman–Crippen LogP) is 4.65. The Morgan fingerprint density at radius 2 is 1.44 bits per heavy atom. The standard InChI is InChI=1S/C15H11N3/c1-2-7-13(8-3-1)17-18-14-10-12-6-4-5-9-15(12)16-11-14/h1-11H. The van der Waals surface area contributed by atoms with E-state index in [0.29, 0.717) is 0 Å². The van der Waals surface area contributed by atoms with Gasteiger partial charge in [-0.3, -0.25) is 4.98 Å². The topological polar surface area (TPSA) is 37.6 Å². The minimum atomic E-state index is 0.762. The molecule has 3 aromatic rings. The quantitative estimate of drug-likeness (QED) is 0.593. The Bertz CT molecular complexity index is 690. The summed E-state index contributed by atoms with van der Waals surface area (Å²) in [4.78, 5) is 4.34. The summed E-state index contributed by atoms with van der Waals surface area (Å²) >= 11 is 0. The van der Waals surface area contributed by atoms with Gasteiger partial charge in [-0.15, -0.1) is 5.11 Å². The Hall–Kier alpha value is -2.55. The summed E-state index contributed by atoms with van der Waals surface area (Å²) in [6.45, 7) is 0. The van der Waals surface area contributed by atoms with Crippen LogP contribution in [0.1, 0.15) is 0 Å². The average molecular weight is 233 g/mol. The van der Waals surface area contributed by atoms with Crippen LogP contribution in [0.2, 0.25) is 0 Å². The SMILES string of the molecule is c1ccc(N=Nc2cnc3ccccc3c2)cc1. The van der Waals surface area contributed by atoms with E-state index in [1.54, 1.807) is 6.20 Å². The summed E-state index contributed by atoms with van der Waals surface area (Å²) in [5.41, 5.74) is 2.57. The van der Waals surface area contributed by atoms with Gasteiger partial charge >= 0.3 is 0 Å². The van der Waals surface area contributed by atoms with Gasteiger partial charge in [0.05, 0.1) is 17.4 Å². The molecule has 86 valence electrons. The van der Waals surface area contributed by atoms with Crippen LogP contribution in [0.4, 0.5) is 11.4 Å². The predicted molar refractivity (Wildman–Crippen MR) is 72.4 cm³/mol. The summed E-state index contributed by atoms with van der Waals surface area (Å²) in [6, 6.07) is 19.6. The number of benzene rings is 2. The molecule has 0 bridgehead atoms. The lowest BCUT2D eigenvalue weighted by atomic mass is 10.2. The van der Waals surface area contributed by atoms with E-state index in [-0.39, 0.29) is 0 Å². The third-order valence-electron chi connectivity index (χ3n) is 2.61. The number of azo groups is 1. The van der Waals surface area contributed by atoms with Crippen LogP contribution in [0.25, 0.3) is 10.9 Å². The molecule has 0 N–H and O–H groups in total. The number of hydrogen-bond donors (Lipinski definition) is 0. The number of nitrogens with zero attached hydrogens (tertiary/aromatic N) is 3. The van der Waals surface area contributed by atoms with Gasteiger partial charge in [0, 0.05) is 5.39 Å². The molecule has 0 saturated carbocycles. The zero-order valence-electron chi connectivity index (χ0n) is 9.69. The molecule has 0 radical (unpaired) electrons. The molecule has 3 nitrogen and oxygen atoms in total. The van der Waals surface area contributed by atoms with Crippen molar-refractivity contribution in [1.29, 1.82) is 0 Å². The highest BCUT2D eigenvalue weighted by Crippen LogP contribution is 2.21. The third-order valence-corrected chi connectivity index (χ3v) is 2.61. The monoisotopic (exact) mass is 233 g/mol. The molecule has 0 aliphatic heterocycles. The number of rotatable bonds is 2. The van der Waals surface area contributed by atoms with Crippen LogP contribution in [0.15, 0.2) is 77.1 Å². The first-order valence-corrected chi connectivity index (χ1v) is 5.73. The van der Waals surface area contributed by atoms with E-state index >= 15 is 0 Å². The molecule has 0 amide bonds. The van der Waals surface area contributed by atoms with Crippen molar-refractivity contribution in [2.24, 2.45) is 10.2 Å². The molecule has 1 aromatic heterocycles.